The summed E-state index contributed by atoms with van der Waals surface area (Å²) in [5.74, 6) is 1.67. The van der Waals surface area contributed by atoms with Gasteiger partial charge in [-0.2, -0.15) is 9.78 Å². The van der Waals surface area contributed by atoms with Gasteiger partial charge in [-0.1, -0.05) is 26.0 Å². The summed E-state index contributed by atoms with van der Waals surface area (Å²) in [6.45, 7) is 8.69. The van der Waals surface area contributed by atoms with Gasteiger partial charge in [-0.3, -0.25) is 4.79 Å². The minimum Gasteiger partial charge on any atom is -0.503 e. The summed E-state index contributed by atoms with van der Waals surface area (Å²) in [4.78, 5) is 18.5. The van der Waals surface area contributed by atoms with Crippen molar-refractivity contribution >= 4 is 49.0 Å². The lowest BCUT2D eigenvalue weighted by atomic mass is 9.96. The third kappa shape index (κ3) is 5.15. The standard InChI is InChI=1S/C28H27Br2N3O4/c1-6-37-22-11-16(4)20(13-19(22)15(2)3)27-32-21-10-8-7-9-18(21)28(35)33(27)31-14-17-12-23(36-5)26(34)25(30)24(17)29/h7-15,34H,6H2,1-5H3. The van der Waals surface area contributed by atoms with Gasteiger partial charge in [0.2, 0.25) is 0 Å². The third-order valence-corrected chi connectivity index (χ3v) is 8.14. The highest BCUT2D eigenvalue weighted by Crippen LogP contribution is 2.41. The van der Waals surface area contributed by atoms with Gasteiger partial charge in [-0.25, -0.2) is 4.98 Å². The molecule has 1 aromatic heterocycles. The number of para-hydroxylation sites is 1. The zero-order valence-corrected chi connectivity index (χ0v) is 24.3. The number of phenolic OH excluding ortho intramolecular Hbond substituents is 1. The number of methoxy groups -OCH3 is 1. The van der Waals surface area contributed by atoms with Crippen molar-refractivity contribution in [3.05, 3.63) is 78.5 Å². The SMILES string of the molecule is CCOc1cc(C)c(-c2nc3ccccc3c(=O)n2N=Cc2cc(OC)c(O)c(Br)c2Br)cc1C(C)C. The molecule has 4 rings (SSSR count). The van der Waals surface area contributed by atoms with Gasteiger partial charge in [-0.05, 0) is 93.1 Å². The molecule has 1 heterocycles. The molecule has 9 heteroatoms. The number of aromatic hydroxyl groups is 1. The summed E-state index contributed by atoms with van der Waals surface area (Å²) < 4.78 is 13.5. The highest BCUT2D eigenvalue weighted by Gasteiger charge is 2.19. The van der Waals surface area contributed by atoms with Gasteiger partial charge >= 0.3 is 0 Å². The van der Waals surface area contributed by atoms with E-state index in [0.717, 1.165) is 22.4 Å². The summed E-state index contributed by atoms with van der Waals surface area (Å²) >= 11 is 6.84. The number of phenols is 1. The number of aryl methyl sites for hydroxylation is 1. The largest absolute Gasteiger partial charge is 0.503 e. The molecule has 0 unspecified atom stereocenters. The van der Waals surface area contributed by atoms with Crippen LogP contribution in [0.1, 0.15) is 43.4 Å². The van der Waals surface area contributed by atoms with Gasteiger partial charge in [0.25, 0.3) is 5.56 Å². The zero-order valence-electron chi connectivity index (χ0n) is 21.2. The quantitative estimate of drug-likeness (QED) is 0.222. The van der Waals surface area contributed by atoms with Crippen LogP contribution in [0.3, 0.4) is 0 Å². The van der Waals surface area contributed by atoms with Crippen molar-refractivity contribution in [1.29, 1.82) is 0 Å². The lowest BCUT2D eigenvalue weighted by Gasteiger charge is -2.18. The number of benzene rings is 3. The average Bonchev–Trinajstić information content (AvgIpc) is 2.88. The first kappa shape index (κ1) is 26.9. The van der Waals surface area contributed by atoms with E-state index in [1.54, 1.807) is 18.2 Å². The van der Waals surface area contributed by atoms with E-state index in [2.05, 4.69) is 50.8 Å². The van der Waals surface area contributed by atoms with E-state index in [1.165, 1.54) is 18.0 Å². The first-order chi connectivity index (χ1) is 17.7. The minimum absolute atomic E-state index is 0.0389. The number of rotatable bonds is 7. The number of fused-ring (bicyclic) bond motifs is 1. The Hall–Kier alpha value is -3.17. The van der Waals surface area contributed by atoms with E-state index >= 15 is 0 Å². The second kappa shape index (κ2) is 11.1. The van der Waals surface area contributed by atoms with E-state index < -0.39 is 0 Å². The van der Waals surface area contributed by atoms with Crippen LogP contribution in [0, 0.1) is 6.92 Å². The Bertz CT molecular complexity index is 1580. The molecule has 0 saturated carbocycles. The van der Waals surface area contributed by atoms with Crippen molar-refractivity contribution in [2.24, 2.45) is 5.10 Å². The smallest absolute Gasteiger partial charge is 0.282 e. The first-order valence-corrected chi connectivity index (χ1v) is 13.3. The van der Waals surface area contributed by atoms with Gasteiger partial charge in [0.05, 0.1) is 35.3 Å². The first-order valence-electron chi connectivity index (χ1n) is 11.8. The number of halogens is 2. The molecule has 0 spiro atoms. The van der Waals surface area contributed by atoms with Crippen LogP contribution >= 0.6 is 31.9 Å². The molecule has 7 nitrogen and oxygen atoms in total. The summed E-state index contributed by atoms with van der Waals surface area (Å²) in [5, 5.41) is 15.3. The second-order valence-electron chi connectivity index (χ2n) is 8.75. The van der Waals surface area contributed by atoms with Gasteiger partial charge in [0.15, 0.2) is 17.3 Å². The number of ether oxygens (including phenoxy) is 2. The van der Waals surface area contributed by atoms with Crippen LogP contribution < -0.4 is 15.0 Å². The Morgan fingerprint density at radius 2 is 1.86 bits per heavy atom. The molecule has 4 aromatic rings. The summed E-state index contributed by atoms with van der Waals surface area (Å²) in [5.41, 5.74) is 3.61. The van der Waals surface area contributed by atoms with Crippen LogP contribution in [-0.4, -0.2) is 34.7 Å². The molecule has 0 aliphatic carbocycles. The molecule has 0 amide bonds. The molecule has 0 atom stereocenters. The van der Waals surface area contributed by atoms with Gasteiger partial charge in [0, 0.05) is 15.6 Å². The number of aromatic nitrogens is 2. The molecule has 0 aliphatic heterocycles. The Balaban J connectivity index is 2.00. The third-order valence-electron chi connectivity index (χ3n) is 5.98. The summed E-state index contributed by atoms with van der Waals surface area (Å²) in [6, 6.07) is 12.9. The molecule has 192 valence electrons. The normalized spacial score (nSPS) is 11.6. The molecular weight excluding hydrogens is 602 g/mol. The van der Waals surface area contributed by atoms with Gasteiger partial charge < -0.3 is 14.6 Å². The van der Waals surface area contributed by atoms with Gasteiger partial charge in [-0.15, -0.1) is 0 Å². The molecule has 0 aliphatic rings. The zero-order chi connectivity index (χ0) is 26.9. The van der Waals surface area contributed by atoms with E-state index in [0.29, 0.717) is 37.8 Å². The Morgan fingerprint density at radius 1 is 1.14 bits per heavy atom. The van der Waals surface area contributed by atoms with Crippen LogP contribution in [0.5, 0.6) is 17.2 Å². The van der Waals surface area contributed by atoms with Crippen molar-refractivity contribution in [1.82, 2.24) is 9.66 Å². The summed E-state index contributed by atoms with van der Waals surface area (Å²) in [6.07, 6.45) is 1.53. The average molecular weight is 629 g/mol. The maximum absolute atomic E-state index is 13.7. The van der Waals surface area contributed by atoms with Crippen LogP contribution in [-0.2, 0) is 0 Å². The number of hydrogen-bond donors (Lipinski definition) is 1. The maximum Gasteiger partial charge on any atom is 0.282 e. The van der Waals surface area contributed by atoms with E-state index in [1.807, 2.05) is 38.1 Å². The van der Waals surface area contributed by atoms with E-state index in [-0.39, 0.29) is 23.0 Å². The fraction of sp³-hybridized carbons (Fsp3) is 0.250. The number of nitrogens with zero attached hydrogens (tertiary/aromatic N) is 3. The summed E-state index contributed by atoms with van der Waals surface area (Å²) in [7, 11) is 1.47. The highest BCUT2D eigenvalue weighted by atomic mass is 79.9. The highest BCUT2D eigenvalue weighted by molar-refractivity contribution is 9.13. The maximum atomic E-state index is 13.7. The topological polar surface area (TPSA) is 85.9 Å². The van der Waals surface area contributed by atoms with E-state index in [4.69, 9.17) is 14.5 Å². The Morgan fingerprint density at radius 3 is 2.54 bits per heavy atom. The van der Waals surface area contributed by atoms with Gasteiger partial charge in [0.1, 0.15) is 5.75 Å². The van der Waals surface area contributed by atoms with Crippen LogP contribution in [0.2, 0.25) is 0 Å². The lowest BCUT2D eigenvalue weighted by molar-refractivity contribution is 0.335. The molecule has 1 N–H and O–H groups in total. The predicted octanol–water partition coefficient (Wildman–Crippen LogP) is 7.02. The molecule has 0 bridgehead atoms. The van der Waals surface area contributed by atoms with Crippen molar-refractivity contribution in [3.8, 4) is 28.6 Å². The molecule has 0 fully saturated rings. The molecule has 0 saturated heterocycles. The lowest BCUT2D eigenvalue weighted by Crippen LogP contribution is -2.21. The second-order valence-corrected chi connectivity index (χ2v) is 10.3. The fourth-order valence-electron chi connectivity index (χ4n) is 4.06. The van der Waals surface area contributed by atoms with Crippen LogP contribution in [0.25, 0.3) is 22.3 Å². The Kier molecular flexibility index (Phi) is 8.04. The monoisotopic (exact) mass is 627 g/mol. The van der Waals surface area contributed by atoms with Crippen molar-refractivity contribution in [3.63, 3.8) is 0 Å². The Labute approximate surface area is 232 Å². The van der Waals surface area contributed by atoms with Crippen LogP contribution in [0.15, 0.2) is 61.3 Å². The van der Waals surface area contributed by atoms with Crippen molar-refractivity contribution in [2.45, 2.75) is 33.6 Å². The van der Waals surface area contributed by atoms with Crippen molar-refractivity contribution < 1.29 is 14.6 Å². The minimum atomic E-state index is -0.294. The molecular formula is C28H27Br2N3O4. The molecule has 3 aromatic carbocycles. The predicted molar refractivity (Wildman–Crippen MR) is 154 cm³/mol. The molecule has 0 radical (unpaired) electrons. The molecule has 37 heavy (non-hydrogen) atoms. The number of hydrogen-bond acceptors (Lipinski definition) is 6. The van der Waals surface area contributed by atoms with E-state index in [9.17, 15) is 9.90 Å². The fourth-order valence-corrected chi connectivity index (χ4v) is 4.89. The van der Waals surface area contributed by atoms with Crippen LogP contribution in [0.4, 0.5) is 0 Å². The van der Waals surface area contributed by atoms with Crippen molar-refractivity contribution in [2.75, 3.05) is 13.7 Å².